The van der Waals surface area contributed by atoms with E-state index in [1.165, 1.54) is 0 Å². The lowest BCUT2D eigenvalue weighted by molar-refractivity contribution is 0.119. The topological polar surface area (TPSA) is 62.9 Å². The molecule has 0 radical (unpaired) electrons. The second-order valence-electron chi connectivity index (χ2n) is 6.65. The molecular weight excluding hydrogens is 372 g/mol. The first-order valence-corrected chi connectivity index (χ1v) is 10.4. The predicted molar refractivity (Wildman–Crippen MR) is 115 cm³/mol. The summed E-state index contributed by atoms with van der Waals surface area (Å²) in [4.78, 5) is 11.5. The zero-order chi connectivity index (χ0) is 19.9. The zero-order valence-corrected chi connectivity index (χ0v) is 17.8. The smallest absolute Gasteiger partial charge is 0.194 e. The van der Waals surface area contributed by atoms with E-state index in [0.717, 1.165) is 46.4 Å². The Bertz CT molecular complexity index is 885. The molecule has 28 heavy (non-hydrogen) atoms. The number of para-hydroxylation sites is 1. The average molecular weight is 401 g/mol. The van der Waals surface area contributed by atoms with E-state index in [1.807, 2.05) is 32.2 Å². The van der Waals surface area contributed by atoms with Crippen molar-refractivity contribution in [3.63, 3.8) is 0 Å². The van der Waals surface area contributed by atoms with Crippen LogP contribution in [0.25, 0.3) is 11.0 Å². The van der Waals surface area contributed by atoms with Gasteiger partial charge in [0.05, 0.1) is 12.2 Å². The van der Waals surface area contributed by atoms with E-state index in [1.54, 1.807) is 18.4 Å². The molecule has 0 amide bonds. The van der Waals surface area contributed by atoms with Crippen LogP contribution in [0.2, 0.25) is 0 Å². The fourth-order valence-electron chi connectivity index (χ4n) is 2.90. The molecule has 1 atom stereocenters. The van der Waals surface area contributed by atoms with Crippen LogP contribution in [-0.2, 0) is 17.7 Å². The van der Waals surface area contributed by atoms with Gasteiger partial charge in [-0.15, -0.1) is 11.3 Å². The number of hydrogen-bond donors (Lipinski definition) is 1. The van der Waals surface area contributed by atoms with Crippen LogP contribution in [0.3, 0.4) is 0 Å². The Labute approximate surface area is 170 Å². The molecule has 6 nitrogen and oxygen atoms in total. The van der Waals surface area contributed by atoms with Crippen molar-refractivity contribution in [2.75, 3.05) is 27.2 Å². The van der Waals surface area contributed by atoms with E-state index in [4.69, 9.17) is 14.1 Å². The molecule has 2 aromatic heterocycles. The average Bonchev–Trinajstić information content (AvgIpc) is 3.33. The van der Waals surface area contributed by atoms with Gasteiger partial charge in [0.25, 0.3) is 0 Å². The van der Waals surface area contributed by atoms with Gasteiger partial charge in [-0.05, 0) is 26.0 Å². The van der Waals surface area contributed by atoms with E-state index >= 15 is 0 Å². The Kier molecular flexibility index (Phi) is 7.06. The molecule has 0 fully saturated rings. The van der Waals surface area contributed by atoms with Gasteiger partial charge in [0, 0.05) is 44.4 Å². The lowest BCUT2D eigenvalue weighted by Gasteiger charge is -2.21. The number of methoxy groups -OCH3 is 1. The molecule has 3 aromatic rings. The van der Waals surface area contributed by atoms with E-state index < -0.39 is 0 Å². The van der Waals surface area contributed by atoms with E-state index in [9.17, 15) is 0 Å². The SMILES string of the molecule is CCNC(=NCCc1cc2ccccc2o1)N(C)Cc1csc(C(C)OC)n1. The van der Waals surface area contributed by atoms with Crippen LogP contribution >= 0.6 is 11.3 Å². The lowest BCUT2D eigenvalue weighted by Crippen LogP contribution is -2.38. The predicted octanol–water partition coefficient (Wildman–Crippen LogP) is 4.24. The van der Waals surface area contributed by atoms with Crippen LogP contribution in [0.5, 0.6) is 0 Å². The van der Waals surface area contributed by atoms with Gasteiger partial charge in [-0.1, -0.05) is 18.2 Å². The minimum absolute atomic E-state index is 0.0229. The number of benzene rings is 1. The van der Waals surface area contributed by atoms with Crippen molar-refractivity contribution in [1.29, 1.82) is 0 Å². The maximum absolute atomic E-state index is 5.88. The van der Waals surface area contributed by atoms with Crippen LogP contribution in [-0.4, -0.2) is 43.1 Å². The monoisotopic (exact) mass is 400 g/mol. The van der Waals surface area contributed by atoms with E-state index in [2.05, 4.69) is 39.6 Å². The first-order chi connectivity index (χ1) is 13.6. The Hall–Kier alpha value is -2.38. The summed E-state index contributed by atoms with van der Waals surface area (Å²) >= 11 is 1.63. The number of nitrogens with zero attached hydrogens (tertiary/aromatic N) is 3. The van der Waals surface area contributed by atoms with Gasteiger partial charge < -0.3 is 19.4 Å². The van der Waals surface area contributed by atoms with Crippen LogP contribution in [0.4, 0.5) is 0 Å². The van der Waals surface area contributed by atoms with E-state index in [0.29, 0.717) is 13.1 Å². The standard InChI is InChI=1S/C21H28N4O2S/c1-5-22-21(25(3)13-17-14-28-20(24-17)15(2)26-4)23-11-10-18-12-16-8-6-7-9-19(16)27-18/h6-9,12,14-15H,5,10-11,13H2,1-4H3,(H,22,23). The molecule has 0 spiro atoms. The molecule has 3 rings (SSSR count). The minimum Gasteiger partial charge on any atom is -0.461 e. The summed E-state index contributed by atoms with van der Waals surface area (Å²) in [6.07, 6.45) is 0.790. The molecule has 0 aliphatic rings. The third-order valence-electron chi connectivity index (χ3n) is 4.46. The number of aliphatic imine (C=N–C) groups is 1. The van der Waals surface area contributed by atoms with Crippen molar-refractivity contribution in [3.8, 4) is 0 Å². The molecule has 0 saturated carbocycles. The zero-order valence-electron chi connectivity index (χ0n) is 16.9. The molecule has 0 saturated heterocycles. The van der Waals surface area contributed by atoms with Crippen molar-refractivity contribution < 1.29 is 9.15 Å². The van der Waals surface area contributed by atoms with Crippen molar-refractivity contribution in [2.24, 2.45) is 4.99 Å². The summed E-state index contributed by atoms with van der Waals surface area (Å²) in [5.41, 5.74) is 1.95. The number of rotatable bonds is 8. The first kappa shape index (κ1) is 20.4. The molecule has 1 N–H and O–H groups in total. The summed E-state index contributed by atoms with van der Waals surface area (Å²) in [5, 5.41) is 7.57. The summed E-state index contributed by atoms with van der Waals surface area (Å²) < 4.78 is 11.2. The summed E-state index contributed by atoms with van der Waals surface area (Å²) in [6, 6.07) is 10.2. The number of furan rings is 1. The minimum atomic E-state index is 0.0229. The number of nitrogens with one attached hydrogen (secondary N) is 1. The van der Waals surface area contributed by atoms with Gasteiger partial charge >= 0.3 is 0 Å². The Balaban J connectivity index is 1.61. The second-order valence-corrected chi connectivity index (χ2v) is 7.54. The highest BCUT2D eigenvalue weighted by Gasteiger charge is 2.13. The molecule has 7 heteroatoms. The van der Waals surface area contributed by atoms with Gasteiger partial charge in [0.2, 0.25) is 0 Å². The summed E-state index contributed by atoms with van der Waals surface area (Å²) in [6.45, 7) is 6.26. The molecular formula is C21H28N4O2S. The normalized spacial score (nSPS) is 13.1. The Morgan fingerprint density at radius 1 is 1.39 bits per heavy atom. The number of guanidine groups is 1. The van der Waals surface area contributed by atoms with Gasteiger partial charge in [0.1, 0.15) is 22.5 Å². The number of aromatic nitrogens is 1. The quantitative estimate of drug-likeness (QED) is 0.453. The van der Waals surface area contributed by atoms with Gasteiger partial charge in [-0.3, -0.25) is 4.99 Å². The maximum Gasteiger partial charge on any atom is 0.194 e. The maximum atomic E-state index is 5.88. The first-order valence-electron chi connectivity index (χ1n) is 9.54. The van der Waals surface area contributed by atoms with Gasteiger partial charge in [-0.25, -0.2) is 4.98 Å². The third-order valence-corrected chi connectivity index (χ3v) is 5.52. The molecule has 0 bridgehead atoms. The molecule has 2 heterocycles. The van der Waals surface area contributed by atoms with Crippen molar-refractivity contribution in [1.82, 2.24) is 15.2 Å². The largest absolute Gasteiger partial charge is 0.461 e. The fraction of sp³-hybridized carbons (Fsp3) is 0.429. The highest BCUT2D eigenvalue weighted by Crippen LogP contribution is 2.21. The van der Waals surface area contributed by atoms with Crippen molar-refractivity contribution in [3.05, 3.63) is 52.2 Å². The van der Waals surface area contributed by atoms with Crippen LogP contribution in [0.15, 0.2) is 45.1 Å². The molecule has 150 valence electrons. The number of fused-ring (bicyclic) bond motifs is 1. The number of thiazole rings is 1. The number of hydrogen-bond acceptors (Lipinski definition) is 5. The summed E-state index contributed by atoms with van der Waals surface area (Å²) in [5.74, 6) is 1.83. The Morgan fingerprint density at radius 3 is 2.96 bits per heavy atom. The fourth-order valence-corrected chi connectivity index (χ4v) is 3.74. The van der Waals surface area contributed by atoms with Crippen molar-refractivity contribution >= 4 is 28.3 Å². The highest BCUT2D eigenvalue weighted by molar-refractivity contribution is 7.09. The molecule has 0 aliphatic carbocycles. The molecule has 1 aromatic carbocycles. The highest BCUT2D eigenvalue weighted by atomic mass is 32.1. The van der Waals surface area contributed by atoms with E-state index in [-0.39, 0.29) is 6.10 Å². The van der Waals surface area contributed by atoms with Crippen LogP contribution < -0.4 is 5.32 Å². The molecule has 1 unspecified atom stereocenters. The second kappa shape index (κ2) is 9.71. The number of ether oxygens (including phenoxy) is 1. The summed E-state index contributed by atoms with van der Waals surface area (Å²) in [7, 11) is 3.73. The van der Waals surface area contributed by atoms with Crippen LogP contribution in [0, 0.1) is 0 Å². The molecule has 0 aliphatic heterocycles. The van der Waals surface area contributed by atoms with Gasteiger partial charge in [0.15, 0.2) is 5.96 Å². The van der Waals surface area contributed by atoms with Crippen LogP contribution in [0.1, 0.15) is 36.4 Å². The third kappa shape index (κ3) is 5.11. The van der Waals surface area contributed by atoms with Crippen molar-refractivity contribution in [2.45, 2.75) is 32.9 Å². The Morgan fingerprint density at radius 2 is 2.21 bits per heavy atom. The van der Waals surface area contributed by atoms with Gasteiger partial charge in [-0.2, -0.15) is 0 Å². The lowest BCUT2D eigenvalue weighted by atomic mass is 10.2.